The van der Waals surface area contributed by atoms with Gasteiger partial charge in [-0.2, -0.15) is 0 Å². The van der Waals surface area contributed by atoms with E-state index >= 15 is 0 Å². The summed E-state index contributed by atoms with van der Waals surface area (Å²) in [4.78, 5) is 4.35. The van der Waals surface area contributed by atoms with Crippen LogP contribution in [0.3, 0.4) is 0 Å². The predicted molar refractivity (Wildman–Crippen MR) is 101 cm³/mol. The molecule has 0 radical (unpaired) electrons. The number of aromatic nitrogens is 1. The number of rotatable bonds is 8. The number of anilines is 1. The Kier molecular flexibility index (Phi) is 6.18. The van der Waals surface area contributed by atoms with Crippen LogP contribution in [-0.2, 0) is 10.0 Å². The largest absolute Gasteiger partial charge is 0.384 e. The van der Waals surface area contributed by atoms with Crippen molar-refractivity contribution >= 4 is 26.6 Å². The van der Waals surface area contributed by atoms with Crippen LogP contribution in [0.2, 0.25) is 0 Å². The van der Waals surface area contributed by atoms with Gasteiger partial charge in [-0.15, -0.1) is 0 Å². The molecular formula is C18H27N3O2S. The third kappa shape index (κ3) is 4.92. The molecule has 0 bridgehead atoms. The summed E-state index contributed by atoms with van der Waals surface area (Å²) >= 11 is 0. The van der Waals surface area contributed by atoms with Gasteiger partial charge in [0.1, 0.15) is 0 Å². The number of sulfonamides is 1. The molecule has 1 aromatic heterocycles. The van der Waals surface area contributed by atoms with Gasteiger partial charge < -0.3 is 5.32 Å². The summed E-state index contributed by atoms with van der Waals surface area (Å²) in [5.41, 5.74) is 2.08. The number of hydrogen-bond donors (Lipinski definition) is 2. The molecule has 132 valence electrons. The maximum Gasteiger partial charge on any atom is 0.216 e. The van der Waals surface area contributed by atoms with Gasteiger partial charge in [-0.3, -0.25) is 4.98 Å². The molecule has 0 aliphatic heterocycles. The predicted octanol–water partition coefficient (Wildman–Crippen LogP) is 3.53. The first kappa shape index (κ1) is 18.7. The average molecular weight is 350 g/mol. The zero-order chi connectivity index (χ0) is 17.6. The van der Waals surface area contributed by atoms with Crippen LogP contribution in [0.4, 0.5) is 5.69 Å². The average Bonchev–Trinajstić information content (AvgIpc) is 2.53. The highest BCUT2D eigenvalue weighted by atomic mass is 32.2. The number of nitrogens with zero attached hydrogens (tertiary/aromatic N) is 1. The van der Waals surface area contributed by atoms with E-state index in [1.165, 1.54) is 0 Å². The molecule has 0 amide bonds. The lowest BCUT2D eigenvalue weighted by Gasteiger charge is -2.19. The normalized spacial score (nSPS) is 12.5. The fourth-order valence-electron chi connectivity index (χ4n) is 2.33. The molecule has 24 heavy (non-hydrogen) atoms. The first-order valence-electron chi connectivity index (χ1n) is 8.38. The molecule has 1 heterocycles. The molecular weight excluding hydrogens is 322 g/mol. The van der Waals surface area contributed by atoms with E-state index in [0.29, 0.717) is 6.54 Å². The van der Waals surface area contributed by atoms with E-state index in [1.807, 2.05) is 18.2 Å². The molecule has 0 aliphatic rings. The fraction of sp³-hybridized carbons (Fsp3) is 0.500. The zero-order valence-electron chi connectivity index (χ0n) is 14.7. The van der Waals surface area contributed by atoms with Crippen LogP contribution < -0.4 is 10.0 Å². The SMILES string of the molecule is CC(C)(C)S(=O)(=O)NCCCCCNc1cccc2ncccc12. The van der Waals surface area contributed by atoms with E-state index in [9.17, 15) is 8.42 Å². The van der Waals surface area contributed by atoms with Gasteiger partial charge in [0.25, 0.3) is 0 Å². The van der Waals surface area contributed by atoms with Gasteiger partial charge >= 0.3 is 0 Å². The maximum absolute atomic E-state index is 11.9. The second kappa shape index (κ2) is 7.94. The van der Waals surface area contributed by atoms with Crippen LogP contribution in [0.1, 0.15) is 40.0 Å². The quantitative estimate of drug-likeness (QED) is 0.715. The molecule has 6 heteroatoms. The summed E-state index contributed by atoms with van der Waals surface area (Å²) in [7, 11) is -3.23. The minimum Gasteiger partial charge on any atom is -0.384 e. The van der Waals surface area contributed by atoms with Crippen molar-refractivity contribution in [3.8, 4) is 0 Å². The Morgan fingerprint density at radius 1 is 1.00 bits per heavy atom. The van der Waals surface area contributed by atoms with Crippen molar-refractivity contribution in [3.63, 3.8) is 0 Å². The van der Waals surface area contributed by atoms with Gasteiger partial charge in [0.05, 0.1) is 10.3 Å². The van der Waals surface area contributed by atoms with E-state index < -0.39 is 14.8 Å². The number of hydrogen-bond acceptors (Lipinski definition) is 4. The molecule has 1 aromatic carbocycles. The van der Waals surface area contributed by atoms with Crippen molar-refractivity contribution < 1.29 is 8.42 Å². The molecule has 0 unspecified atom stereocenters. The van der Waals surface area contributed by atoms with Crippen molar-refractivity contribution in [3.05, 3.63) is 36.5 Å². The Labute approximate surface area is 144 Å². The zero-order valence-corrected chi connectivity index (χ0v) is 15.5. The Bertz CT molecular complexity index is 762. The highest BCUT2D eigenvalue weighted by molar-refractivity contribution is 7.90. The van der Waals surface area contributed by atoms with Crippen molar-refractivity contribution in [2.24, 2.45) is 0 Å². The Morgan fingerprint density at radius 3 is 2.50 bits per heavy atom. The summed E-state index contributed by atoms with van der Waals surface area (Å²) in [5, 5.41) is 4.56. The number of nitrogens with one attached hydrogen (secondary N) is 2. The number of fused-ring (bicyclic) bond motifs is 1. The third-order valence-corrected chi connectivity index (χ3v) is 6.11. The molecule has 0 saturated carbocycles. The topological polar surface area (TPSA) is 71.1 Å². The fourth-order valence-corrected chi connectivity index (χ4v) is 3.18. The molecule has 0 aliphatic carbocycles. The molecule has 0 fully saturated rings. The van der Waals surface area contributed by atoms with Gasteiger partial charge in [0.15, 0.2) is 0 Å². The second-order valence-electron chi connectivity index (χ2n) is 6.87. The molecule has 2 N–H and O–H groups in total. The van der Waals surface area contributed by atoms with Crippen molar-refractivity contribution in [2.75, 3.05) is 18.4 Å². The standard InChI is InChI=1S/C18H27N3O2S/c1-18(2,3)24(22,23)21-14-6-4-5-12-19-16-10-7-11-17-15(16)9-8-13-20-17/h7-11,13,19,21H,4-6,12,14H2,1-3H3. The summed E-state index contributed by atoms with van der Waals surface area (Å²) < 4.78 is 25.8. The number of pyridine rings is 1. The van der Waals surface area contributed by atoms with E-state index in [1.54, 1.807) is 27.0 Å². The summed E-state index contributed by atoms with van der Waals surface area (Å²) in [6.45, 7) is 6.48. The van der Waals surface area contributed by atoms with Crippen LogP contribution in [0.5, 0.6) is 0 Å². The van der Waals surface area contributed by atoms with E-state index in [0.717, 1.165) is 42.4 Å². The van der Waals surface area contributed by atoms with Crippen LogP contribution in [0.25, 0.3) is 10.9 Å². The van der Waals surface area contributed by atoms with Gasteiger partial charge in [0, 0.05) is 30.4 Å². The first-order chi connectivity index (χ1) is 11.3. The Morgan fingerprint density at radius 2 is 1.75 bits per heavy atom. The lowest BCUT2D eigenvalue weighted by Crippen LogP contribution is -2.39. The van der Waals surface area contributed by atoms with E-state index in [-0.39, 0.29) is 0 Å². The molecule has 2 rings (SSSR count). The molecule has 5 nitrogen and oxygen atoms in total. The van der Waals surface area contributed by atoms with E-state index in [2.05, 4.69) is 27.2 Å². The molecule has 0 atom stereocenters. The van der Waals surface area contributed by atoms with Gasteiger partial charge in [0.2, 0.25) is 10.0 Å². The molecule has 0 saturated heterocycles. The van der Waals surface area contributed by atoms with Crippen molar-refractivity contribution in [1.29, 1.82) is 0 Å². The maximum atomic E-state index is 11.9. The van der Waals surface area contributed by atoms with Crippen molar-refractivity contribution in [1.82, 2.24) is 9.71 Å². The van der Waals surface area contributed by atoms with E-state index in [4.69, 9.17) is 0 Å². The van der Waals surface area contributed by atoms with Gasteiger partial charge in [-0.05, 0) is 57.9 Å². The first-order valence-corrected chi connectivity index (χ1v) is 9.86. The number of unbranched alkanes of at least 4 members (excludes halogenated alkanes) is 2. The van der Waals surface area contributed by atoms with Crippen molar-refractivity contribution in [2.45, 2.75) is 44.8 Å². The summed E-state index contributed by atoms with van der Waals surface area (Å²) in [5.74, 6) is 0. The monoisotopic (exact) mass is 349 g/mol. The van der Waals surface area contributed by atoms with Crippen LogP contribution in [0, 0.1) is 0 Å². The van der Waals surface area contributed by atoms with Crippen LogP contribution in [0.15, 0.2) is 36.5 Å². The van der Waals surface area contributed by atoms with Crippen LogP contribution in [-0.4, -0.2) is 31.2 Å². The lowest BCUT2D eigenvalue weighted by molar-refractivity contribution is 0.540. The van der Waals surface area contributed by atoms with Crippen LogP contribution >= 0.6 is 0 Å². The van der Waals surface area contributed by atoms with Gasteiger partial charge in [-0.25, -0.2) is 13.1 Å². The highest BCUT2D eigenvalue weighted by Gasteiger charge is 2.27. The molecule has 2 aromatic rings. The Balaban J connectivity index is 1.70. The molecule has 0 spiro atoms. The highest BCUT2D eigenvalue weighted by Crippen LogP contribution is 2.21. The second-order valence-corrected chi connectivity index (χ2v) is 9.39. The smallest absolute Gasteiger partial charge is 0.216 e. The minimum atomic E-state index is -3.23. The van der Waals surface area contributed by atoms with Gasteiger partial charge in [-0.1, -0.05) is 12.5 Å². The lowest BCUT2D eigenvalue weighted by atomic mass is 10.1. The number of benzene rings is 1. The third-order valence-electron chi connectivity index (χ3n) is 3.91. The summed E-state index contributed by atoms with van der Waals surface area (Å²) in [6, 6.07) is 10.1. The summed E-state index contributed by atoms with van der Waals surface area (Å²) in [6.07, 6.45) is 4.61. The minimum absolute atomic E-state index is 0.498. The Hall–Kier alpha value is -1.66.